The molecule has 0 saturated carbocycles. The molecule has 140 valence electrons. The molecular formula is C12H38O5Si6. The van der Waals surface area contributed by atoms with Crippen molar-refractivity contribution >= 4 is 52.3 Å². The molecule has 0 spiro atoms. The standard InChI is InChI=1S/C12H38O5Si6/c1-18-13-20(5,6)15-22(9,10)17-23(11,12)16-21(7,8)14-19(2,3)4/h18H2,1-12H3. The summed E-state index contributed by atoms with van der Waals surface area (Å²) < 4.78 is 31.4. The predicted octanol–water partition coefficient (Wildman–Crippen LogP) is 3.84. The molecule has 0 amide bonds. The quantitative estimate of drug-likeness (QED) is 0.493. The molecule has 0 bridgehead atoms. The van der Waals surface area contributed by atoms with Crippen LogP contribution in [0, 0.1) is 0 Å². The van der Waals surface area contributed by atoms with Crippen molar-refractivity contribution in [1.29, 1.82) is 0 Å². The van der Waals surface area contributed by atoms with Crippen LogP contribution in [0.5, 0.6) is 0 Å². The van der Waals surface area contributed by atoms with Crippen LogP contribution in [0.4, 0.5) is 0 Å². The van der Waals surface area contributed by atoms with E-state index in [1.165, 1.54) is 0 Å². The van der Waals surface area contributed by atoms with Crippen LogP contribution in [-0.4, -0.2) is 52.3 Å². The first kappa shape index (κ1) is 24.1. The number of rotatable bonds is 10. The zero-order valence-electron chi connectivity index (χ0n) is 17.2. The largest absolute Gasteiger partial charge is 0.442 e. The van der Waals surface area contributed by atoms with Gasteiger partial charge >= 0.3 is 34.2 Å². The zero-order valence-corrected chi connectivity index (χ0v) is 23.7. The molecule has 11 heteroatoms. The normalized spacial score (nSPS) is 15.7. The third kappa shape index (κ3) is 12.1. The fourth-order valence-corrected chi connectivity index (χ4v) is 28.2. The Bertz CT molecular complexity index is 381. The Labute approximate surface area is 151 Å². The Hall–Kier alpha value is 1.10. The van der Waals surface area contributed by atoms with Crippen molar-refractivity contribution in [1.82, 2.24) is 0 Å². The minimum absolute atomic E-state index is 0.473. The van der Waals surface area contributed by atoms with Gasteiger partial charge in [-0.2, -0.15) is 0 Å². The summed E-state index contributed by atoms with van der Waals surface area (Å²) in [6.45, 7) is 25.5. The molecule has 0 saturated heterocycles. The van der Waals surface area contributed by atoms with Gasteiger partial charge in [-0.3, -0.25) is 0 Å². The van der Waals surface area contributed by atoms with E-state index in [-0.39, 0.29) is 0 Å². The highest BCUT2D eigenvalue weighted by Gasteiger charge is 2.45. The summed E-state index contributed by atoms with van der Waals surface area (Å²) in [5.74, 6) is 0. The van der Waals surface area contributed by atoms with Gasteiger partial charge in [0.1, 0.15) is 9.76 Å². The average molecular weight is 431 g/mol. The fraction of sp³-hybridized carbons (Fsp3) is 1.00. The number of hydrogen-bond donors (Lipinski definition) is 0. The summed E-state index contributed by atoms with van der Waals surface area (Å²) in [6, 6.07) is 0. The molecule has 0 atom stereocenters. The Morgan fingerprint density at radius 3 is 1.09 bits per heavy atom. The van der Waals surface area contributed by atoms with E-state index in [2.05, 4.69) is 78.6 Å². The molecule has 23 heavy (non-hydrogen) atoms. The van der Waals surface area contributed by atoms with Crippen LogP contribution in [0.1, 0.15) is 0 Å². The van der Waals surface area contributed by atoms with Crippen LogP contribution >= 0.6 is 0 Å². The summed E-state index contributed by atoms with van der Waals surface area (Å²) in [6.07, 6.45) is 0. The Morgan fingerprint density at radius 1 is 0.478 bits per heavy atom. The molecule has 0 heterocycles. The van der Waals surface area contributed by atoms with Crippen molar-refractivity contribution in [2.24, 2.45) is 0 Å². The second-order valence-electron chi connectivity index (χ2n) is 8.55. The molecular weight excluding hydrogens is 393 g/mol. The lowest BCUT2D eigenvalue weighted by atomic mass is 11.8. The van der Waals surface area contributed by atoms with Gasteiger partial charge in [0, 0.05) is 0 Å². The molecule has 0 unspecified atom stereocenters. The van der Waals surface area contributed by atoms with E-state index < -0.39 is 52.3 Å². The molecule has 0 aromatic rings. The van der Waals surface area contributed by atoms with E-state index in [9.17, 15) is 0 Å². The lowest BCUT2D eigenvalue weighted by Crippen LogP contribution is -2.58. The van der Waals surface area contributed by atoms with Gasteiger partial charge < -0.3 is 20.6 Å². The Balaban J connectivity index is 4.89. The molecule has 0 aromatic heterocycles. The number of hydrogen-bond acceptors (Lipinski definition) is 5. The van der Waals surface area contributed by atoms with Crippen LogP contribution in [0.3, 0.4) is 0 Å². The molecule has 5 nitrogen and oxygen atoms in total. The summed E-state index contributed by atoms with van der Waals surface area (Å²) >= 11 is 0. The maximum atomic E-state index is 6.43. The van der Waals surface area contributed by atoms with Crippen molar-refractivity contribution < 1.29 is 20.6 Å². The van der Waals surface area contributed by atoms with E-state index in [4.69, 9.17) is 20.6 Å². The van der Waals surface area contributed by atoms with Gasteiger partial charge in [-0.1, -0.05) is 6.55 Å². The third-order valence-electron chi connectivity index (χ3n) is 2.52. The van der Waals surface area contributed by atoms with Crippen molar-refractivity contribution in [3.8, 4) is 0 Å². The fourth-order valence-electron chi connectivity index (χ4n) is 2.95. The molecule has 0 rings (SSSR count). The maximum Gasteiger partial charge on any atom is 0.314 e. The van der Waals surface area contributed by atoms with Crippen LogP contribution in [0.25, 0.3) is 0 Å². The maximum absolute atomic E-state index is 6.43. The van der Waals surface area contributed by atoms with Crippen LogP contribution in [0.15, 0.2) is 0 Å². The van der Waals surface area contributed by atoms with Crippen molar-refractivity contribution in [2.45, 2.75) is 78.6 Å². The molecule has 0 N–H and O–H groups in total. The molecule has 0 aliphatic carbocycles. The summed E-state index contributed by atoms with van der Waals surface area (Å²) in [7, 11) is -11.0. The first-order chi connectivity index (χ1) is 9.89. The Kier molecular flexibility index (Phi) is 8.59. The highest BCUT2D eigenvalue weighted by molar-refractivity contribution is 6.90. The van der Waals surface area contributed by atoms with Gasteiger partial charge in [0.15, 0.2) is 8.32 Å². The lowest BCUT2D eigenvalue weighted by Gasteiger charge is -2.41. The summed E-state index contributed by atoms with van der Waals surface area (Å²) in [5, 5.41) is 0. The first-order valence-electron chi connectivity index (χ1n) is 8.33. The van der Waals surface area contributed by atoms with Crippen molar-refractivity contribution in [2.75, 3.05) is 0 Å². The van der Waals surface area contributed by atoms with E-state index in [1.54, 1.807) is 0 Å². The van der Waals surface area contributed by atoms with Gasteiger partial charge in [0.25, 0.3) is 0 Å². The molecule has 0 aromatic carbocycles. The van der Waals surface area contributed by atoms with Gasteiger partial charge in [0.2, 0.25) is 0 Å². The van der Waals surface area contributed by atoms with Gasteiger partial charge in [-0.05, 0) is 72.0 Å². The third-order valence-corrected chi connectivity index (χ3v) is 22.7. The monoisotopic (exact) mass is 430 g/mol. The van der Waals surface area contributed by atoms with E-state index in [1.807, 2.05) is 0 Å². The second kappa shape index (κ2) is 8.20. The van der Waals surface area contributed by atoms with Crippen molar-refractivity contribution in [3.63, 3.8) is 0 Å². The smallest absolute Gasteiger partial charge is 0.314 e. The minimum Gasteiger partial charge on any atom is -0.442 e. The van der Waals surface area contributed by atoms with E-state index in [0.717, 1.165) is 0 Å². The molecule has 0 fully saturated rings. The topological polar surface area (TPSA) is 46.2 Å². The average Bonchev–Trinajstić information content (AvgIpc) is 2.03. The van der Waals surface area contributed by atoms with E-state index in [0.29, 0.717) is 0 Å². The van der Waals surface area contributed by atoms with Gasteiger partial charge in [-0.25, -0.2) is 0 Å². The van der Waals surface area contributed by atoms with Crippen molar-refractivity contribution in [3.05, 3.63) is 0 Å². The highest BCUT2D eigenvalue weighted by atomic mass is 28.5. The summed E-state index contributed by atoms with van der Waals surface area (Å²) in [5.41, 5.74) is 0. The molecule has 0 radical (unpaired) electrons. The highest BCUT2D eigenvalue weighted by Crippen LogP contribution is 2.25. The first-order valence-corrected chi connectivity index (χ1v) is 25.0. The predicted molar refractivity (Wildman–Crippen MR) is 113 cm³/mol. The minimum atomic E-state index is -2.32. The van der Waals surface area contributed by atoms with Crippen LogP contribution < -0.4 is 0 Å². The molecule has 0 aliphatic rings. The van der Waals surface area contributed by atoms with Crippen LogP contribution in [0.2, 0.25) is 78.6 Å². The summed E-state index contributed by atoms with van der Waals surface area (Å²) in [4.78, 5) is 0. The second-order valence-corrected chi connectivity index (χ2v) is 29.0. The van der Waals surface area contributed by atoms with Gasteiger partial charge in [0.05, 0.1) is 0 Å². The Morgan fingerprint density at radius 2 is 0.783 bits per heavy atom. The molecule has 0 aliphatic heterocycles. The van der Waals surface area contributed by atoms with E-state index >= 15 is 0 Å². The van der Waals surface area contributed by atoms with Gasteiger partial charge in [-0.15, -0.1) is 0 Å². The lowest BCUT2D eigenvalue weighted by molar-refractivity contribution is 0.285. The van der Waals surface area contributed by atoms with Crippen LogP contribution in [-0.2, 0) is 20.6 Å². The zero-order chi connectivity index (χ0) is 18.7. The SMILES string of the molecule is C[SiH2]O[Si](C)(C)O[Si](C)(C)O[Si](C)(C)O[Si](C)(C)O[Si](C)(C)C.